The lowest BCUT2D eigenvalue weighted by atomic mass is 10.0. The Morgan fingerprint density at radius 3 is 2.87 bits per heavy atom. The van der Waals surface area contributed by atoms with E-state index >= 15 is 0 Å². The van der Waals surface area contributed by atoms with Crippen molar-refractivity contribution in [2.24, 2.45) is 5.92 Å². The van der Waals surface area contributed by atoms with Crippen molar-refractivity contribution < 1.29 is 4.79 Å². The maximum Gasteiger partial charge on any atom is 0.220 e. The average Bonchev–Trinajstić information content (AvgIpc) is 3.21. The number of likely N-dealkylation sites (tertiary alicyclic amines) is 1. The van der Waals surface area contributed by atoms with Gasteiger partial charge in [-0.1, -0.05) is 35.9 Å². The van der Waals surface area contributed by atoms with Crippen LogP contribution in [0.25, 0.3) is 0 Å². The SMILES string of the molecule is O=C(C[C@H]1C=CCC1)NC[C@@H](c1cccc(Cl)c1)N1CCCC1. The van der Waals surface area contributed by atoms with E-state index in [0.717, 1.165) is 31.0 Å². The summed E-state index contributed by atoms with van der Waals surface area (Å²) in [6, 6.07) is 8.25. The van der Waals surface area contributed by atoms with Gasteiger partial charge in [0.1, 0.15) is 0 Å². The van der Waals surface area contributed by atoms with Crippen molar-refractivity contribution in [2.75, 3.05) is 19.6 Å². The van der Waals surface area contributed by atoms with Crippen LogP contribution in [0.15, 0.2) is 36.4 Å². The summed E-state index contributed by atoms with van der Waals surface area (Å²) in [5, 5.41) is 3.91. The third kappa shape index (κ3) is 4.58. The fourth-order valence-electron chi connectivity index (χ4n) is 3.61. The van der Waals surface area contributed by atoms with Crippen molar-refractivity contribution >= 4 is 17.5 Å². The number of carbonyl (C=O) groups excluding carboxylic acids is 1. The molecule has 23 heavy (non-hydrogen) atoms. The molecule has 1 aromatic carbocycles. The van der Waals surface area contributed by atoms with Crippen LogP contribution in [0.2, 0.25) is 5.02 Å². The van der Waals surface area contributed by atoms with Gasteiger partial charge in [0, 0.05) is 18.0 Å². The van der Waals surface area contributed by atoms with E-state index in [1.807, 2.05) is 18.2 Å². The molecule has 1 aliphatic heterocycles. The zero-order chi connectivity index (χ0) is 16.1. The zero-order valence-corrected chi connectivity index (χ0v) is 14.3. The first kappa shape index (κ1) is 16.5. The van der Waals surface area contributed by atoms with Gasteiger partial charge in [-0.2, -0.15) is 0 Å². The second kappa shape index (κ2) is 7.98. The number of amides is 1. The number of rotatable bonds is 6. The second-order valence-electron chi connectivity index (χ2n) is 6.59. The molecule has 0 unspecified atom stereocenters. The Bertz CT molecular complexity index is 566. The van der Waals surface area contributed by atoms with Gasteiger partial charge >= 0.3 is 0 Å². The topological polar surface area (TPSA) is 32.3 Å². The summed E-state index contributed by atoms with van der Waals surface area (Å²) in [7, 11) is 0. The molecule has 1 aliphatic carbocycles. The van der Waals surface area contributed by atoms with Crippen LogP contribution in [-0.4, -0.2) is 30.4 Å². The molecule has 124 valence electrons. The minimum Gasteiger partial charge on any atom is -0.354 e. The van der Waals surface area contributed by atoms with Crippen molar-refractivity contribution in [3.63, 3.8) is 0 Å². The van der Waals surface area contributed by atoms with Gasteiger partial charge in [-0.05, 0) is 62.4 Å². The Balaban J connectivity index is 1.61. The fraction of sp³-hybridized carbons (Fsp3) is 0.526. The number of carbonyl (C=O) groups is 1. The lowest BCUT2D eigenvalue weighted by Gasteiger charge is -2.28. The van der Waals surface area contributed by atoms with Gasteiger partial charge < -0.3 is 5.32 Å². The number of nitrogens with zero attached hydrogens (tertiary/aromatic N) is 1. The Kier molecular flexibility index (Phi) is 5.74. The van der Waals surface area contributed by atoms with Crippen LogP contribution in [0, 0.1) is 5.92 Å². The molecule has 0 saturated carbocycles. The monoisotopic (exact) mass is 332 g/mol. The highest BCUT2D eigenvalue weighted by molar-refractivity contribution is 6.30. The van der Waals surface area contributed by atoms with Crippen molar-refractivity contribution in [2.45, 2.75) is 38.1 Å². The van der Waals surface area contributed by atoms with E-state index in [9.17, 15) is 4.79 Å². The van der Waals surface area contributed by atoms with Gasteiger partial charge in [0.2, 0.25) is 5.91 Å². The van der Waals surface area contributed by atoms with Gasteiger partial charge in [0.25, 0.3) is 0 Å². The molecule has 1 amide bonds. The van der Waals surface area contributed by atoms with Crippen LogP contribution in [0.5, 0.6) is 0 Å². The van der Waals surface area contributed by atoms with Gasteiger partial charge in [-0.3, -0.25) is 9.69 Å². The number of nitrogens with one attached hydrogen (secondary N) is 1. The number of hydrogen-bond acceptors (Lipinski definition) is 2. The van der Waals surface area contributed by atoms with Crippen molar-refractivity contribution in [1.82, 2.24) is 10.2 Å². The zero-order valence-electron chi connectivity index (χ0n) is 13.5. The van der Waals surface area contributed by atoms with Crippen LogP contribution in [0.4, 0.5) is 0 Å². The Morgan fingerprint density at radius 2 is 2.17 bits per heavy atom. The fourth-order valence-corrected chi connectivity index (χ4v) is 3.81. The van der Waals surface area contributed by atoms with E-state index in [4.69, 9.17) is 11.6 Å². The predicted molar refractivity (Wildman–Crippen MR) is 94.5 cm³/mol. The molecule has 0 spiro atoms. The molecular formula is C19H25ClN2O. The first-order valence-corrected chi connectivity index (χ1v) is 9.03. The summed E-state index contributed by atoms with van der Waals surface area (Å²) in [5.74, 6) is 0.583. The molecule has 4 heteroatoms. The van der Waals surface area contributed by atoms with Crippen molar-refractivity contribution in [1.29, 1.82) is 0 Å². The Hall–Kier alpha value is -1.32. The largest absolute Gasteiger partial charge is 0.354 e. The molecule has 2 atom stereocenters. The Labute approximate surface area is 143 Å². The second-order valence-corrected chi connectivity index (χ2v) is 7.02. The third-order valence-corrected chi connectivity index (χ3v) is 5.10. The highest BCUT2D eigenvalue weighted by atomic mass is 35.5. The molecule has 1 N–H and O–H groups in total. The van der Waals surface area contributed by atoms with Gasteiger partial charge in [0.15, 0.2) is 0 Å². The molecule has 0 radical (unpaired) electrons. The lowest BCUT2D eigenvalue weighted by Crippen LogP contribution is -2.37. The normalized spacial score (nSPS) is 22.4. The highest BCUT2D eigenvalue weighted by Crippen LogP contribution is 2.27. The molecule has 2 aliphatic rings. The van der Waals surface area contributed by atoms with E-state index in [2.05, 4.69) is 28.4 Å². The predicted octanol–water partition coefficient (Wildman–Crippen LogP) is 3.95. The van der Waals surface area contributed by atoms with Gasteiger partial charge in [-0.15, -0.1) is 0 Å². The number of allylic oxidation sites excluding steroid dienone is 2. The summed E-state index contributed by atoms with van der Waals surface area (Å²) < 4.78 is 0. The van der Waals surface area contributed by atoms with E-state index < -0.39 is 0 Å². The van der Waals surface area contributed by atoms with Crippen LogP contribution >= 0.6 is 11.6 Å². The molecule has 1 heterocycles. The summed E-state index contributed by atoms with van der Waals surface area (Å²) >= 11 is 6.16. The van der Waals surface area contributed by atoms with E-state index in [1.165, 1.54) is 18.4 Å². The standard InChI is InChI=1S/C19H25ClN2O/c20-17-9-5-8-16(13-17)18(22-10-3-4-11-22)14-21-19(23)12-15-6-1-2-7-15/h1,5-6,8-9,13,15,18H,2-4,7,10-12,14H2,(H,21,23)/t15-,18-/m0/s1. The summed E-state index contributed by atoms with van der Waals surface area (Å²) in [4.78, 5) is 14.7. The van der Waals surface area contributed by atoms with Gasteiger partial charge in [0.05, 0.1) is 6.04 Å². The van der Waals surface area contributed by atoms with Crippen LogP contribution in [-0.2, 0) is 4.79 Å². The lowest BCUT2D eigenvalue weighted by molar-refractivity contribution is -0.121. The summed E-state index contributed by atoms with van der Waals surface area (Å²) in [6.45, 7) is 2.85. The number of halogens is 1. The first-order valence-electron chi connectivity index (χ1n) is 8.65. The molecule has 1 aromatic rings. The molecule has 1 saturated heterocycles. The van der Waals surface area contributed by atoms with Crippen molar-refractivity contribution in [3.8, 4) is 0 Å². The molecule has 0 aromatic heterocycles. The average molecular weight is 333 g/mol. The van der Waals surface area contributed by atoms with Crippen molar-refractivity contribution in [3.05, 3.63) is 47.0 Å². The van der Waals surface area contributed by atoms with Crippen LogP contribution in [0.3, 0.4) is 0 Å². The number of hydrogen-bond donors (Lipinski definition) is 1. The number of benzene rings is 1. The molecule has 3 nitrogen and oxygen atoms in total. The molecular weight excluding hydrogens is 308 g/mol. The van der Waals surface area contributed by atoms with Crippen LogP contribution < -0.4 is 5.32 Å². The van der Waals surface area contributed by atoms with E-state index in [-0.39, 0.29) is 11.9 Å². The molecule has 1 fully saturated rings. The first-order chi connectivity index (χ1) is 11.2. The minimum absolute atomic E-state index is 0.160. The molecule has 0 bridgehead atoms. The maximum absolute atomic E-state index is 12.2. The minimum atomic E-state index is 0.160. The maximum atomic E-state index is 12.2. The quantitative estimate of drug-likeness (QED) is 0.800. The summed E-state index contributed by atoms with van der Waals surface area (Å²) in [5.41, 5.74) is 1.19. The molecule has 3 rings (SSSR count). The smallest absolute Gasteiger partial charge is 0.220 e. The van der Waals surface area contributed by atoms with E-state index in [0.29, 0.717) is 18.9 Å². The third-order valence-electron chi connectivity index (χ3n) is 4.87. The summed E-state index contributed by atoms with van der Waals surface area (Å²) in [6.07, 6.45) is 9.65. The van der Waals surface area contributed by atoms with E-state index in [1.54, 1.807) is 0 Å². The highest BCUT2D eigenvalue weighted by Gasteiger charge is 2.24. The van der Waals surface area contributed by atoms with Crippen LogP contribution in [0.1, 0.15) is 43.7 Å². The van der Waals surface area contributed by atoms with Gasteiger partial charge in [-0.25, -0.2) is 0 Å². The Morgan fingerprint density at radius 1 is 1.35 bits per heavy atom.